The molecule has 5 heterocycles. The summed E-state index contributed by atoms with van der Waals surface area (Å²) in [7, 11) is 3.98. The SMILES string of the molecule is CN(C)c1ccc2nnc(C3CCN(c4ncnc5ccsc45)CC3)n2n1. The van der Waals surface area contributed by atoms with Crippen molar-refractivity contribution in [2.45, 2.75) is 18.8 Å². The zero-order valence-corrected chi connectivity index (χ0v) is 16.1. The molecule has 1 saturated heterocycles. The maximum absolute atomic E-state index is 4.71. The van der Waals surface area contributed by atoms with E-state index in [0.717, 1.165) is 54.6 Å². The Balaban J connectivity index is 1.40. The van der Waals surface area contributed by atoms with Crippen LogP contribution in [0.25, 0.3) is 15.9 Å². The summed E-state index contributed by atoms with van der Waals surface area (Å²) in [6, 6.07) is 5.99. The smallest absolute Gasteiger partial charge is 0.178 e. The summed E-state index contributed by atoms with van der Waals surface area (Å²) in [4.78, 5) is 13.2. The molecule has 0 amide bonds. The predicted octanol–water partition coefficient (Wildman–Crippen LogP) is 2.58. The minimum Gasteiger partial charge on any atom is -0.361 e. The molecule has 4 aromatic rings. The average Bonchev–Trinajstić information content (AvgIpc) is 3.34. The third-order valence-corrected chi connectivity index (χ3v) is 6.01. The molecule has 0 aromatic carbocycles. The van der Waals surface area contributed by atoms with E-state index in [4.69, 9.17) is 5.10 Å². The predicted molar refractivity (Wildman–Crippen MR) is 107 cm³/mol. The molecule has 27 heavy (non-hydrogen) atoms. The summed E-state index contributed by atoms with van der Waals surface area (Å²) in [6.07, 6.45) is 3.67. The maximum Gasteiger partial charge on any atom is 0.178 e. The number of hydrogen-bond acceptors (Lipinski definition) is 8. The summed E-state index contributed by atoms with van der Waals surface area (Å²) >= 11 is 1.70. The van der Waals surface area contributed by atoms with Gasteiger partial charge in [-0.15, -0.1) is 26.6 Å². The van der Waals surface area contributed by atoms with Crippen LogP contribution < -0.4 is 9.80 Å². The molecule has 0 unspecified atom stereocenters. The van der Waals surface area contributed by atoms with Crippen LogP contribution in [0, 0.1) is 0 Å². The van der Waals surface area contributed by atoms with Gasteiger partial charge >= 0.3 is 0 Å². The Labute approximate surface area is 160 Å². The van der Waals surface area contributed by atoms with E-state index in [1.807, 2.05) is 41.7 Å². The second-order valence-electron chi connectivity index (χ2n) is 7.01. The van der Waals surface area contributed by atoms with Gasteiger partial charge in [-0.1, -0.05) is 0 Å². The van der Waals surface area contributed by atoms with E-state index < -0.39 is 0 Å². The third kappa shape index (κ3) is 2.78. The van der Waals surface area contributed by atoms with Crippen molar-refractivity contribution in [1.29, 1.82) is 0 Å². The lowest BCUT2D eigenvalue weighted by molar-refractivity contribution is 0.476. The molecule has 5 rings (SSSR count). The van der Waals surface area contributed by atoms with E-state index >= 15 is 0 Å². The Morgan fingerprint density at radius 2 is 1.93 bits per heavy atom. The molecule has 0 aliphatic carbocycles. The Kier molecular flexibility index (Phi) is 3.89. The van der Waals surface area contributed by atoms with Gasteiger partial charge in [0.25, 0.3) is 0 Å². The number of rotatable bonds is 3. The van der Waals surface area contributed by atoms with Crippen molar-refractivity contribution in [3.05, 3.63) is 35.7 Å². The highest BCUT2D eigenvalue weighted by Gasteiger charge is 2.27. The van der Waals surface area contributed by atoms with Gasteiger partial charge in [-0.05, 0) is 36.4 Å². The highest BCUT2D eigenvalue weighted by Crippen LogP contribution is 2.33. The number of fused-ring (bicyclic) bond motifs is 2. The van der Waals surface area contributed by atoms with Gasteiger partial charge < -0.3 is 9.80 Å². The fraction of sp³-hybridized carbons (Fsp3) is 0.389. The van der Waals surface area contributed by atoms with Crippen LogP contribution >= 0.6 is 11.3 Å². The normalized spacial score (nSPS) is 15.7. The van der Waals surface area contributed by atoms with Gasteiger partial charge in [0.15, 0.2) is 11.5 Å². The number of thiophene rings is 1. The van der Waals surface area contributed by atoms with Crippen molar-refractivity contribution in [3.63, 3.8) is 0 Å². The van der Waals surface area contributed by atoms with Crippen LogP contribution in [0.15, 0.2) is 29.9 Å². The fourth-order valence-electron chi connectivity index (χ4n) is 3.64. The molecule has 9 heteroatoms. The molecule has 0 spiro atoms. The number of piperidine rings is 1. The van der Waals surface area contributed by atoms with Crippen molar-refractivity contribution < 1.29 is 0 Å². The van der Waals surface area contributed by atoms with Crippen molar-refractivity contribution in [2.75, 3.05) is 37.0 Å². The number of aromatic nitrogens is 6. The second kappa shape index (κ2) is 6.41. The van der Waals surface area contributed by atoms with Crippen LogP contribution in [0.4, 0.5) is 11.6 Å². The zero-order valence-electron chi connectivity index (χ0n) is 15.3. The molecule has 1 fully saturated rings. The second-order valence-corrected chi connectivity index (χ2v) is 7.92. The first-order valence-corrected chi connectivity index (χ1v) is 9.91. The van der Waals surface area contributed by atoms with E-state index in [9.17, 15) is 0 Å². The topological polar surface area (TPSA) is 75.3 Å². The molecule has 0 radical (unpaired) electrons. The average molecular weight is 380 g/mol. The first-order valence-electron chi connectivity index (χ1n) is 9.03. The lowest BCUT2D eigenvalue weighted by atomic mass is 9.96. The first-order chi connectivity index (χ1) is 13.2. The number of anilines is 2. The van der Waals surface area contributed by atoms with Gasteiger partial charge in [0, 0.05) is 33.1 Å². The molecular weight excluding hydrogens is 360 g/mol. The van der Waals surface area contributed by atoms with Crippen LogP contribution in [0.1, 0.15) is 24.6 Å². The van der Waals surface area contributed by atoms with E-state index in [-0.39, 0.29) is 0 Å². The largest absolute Gasteiger partial charge is 0.361 e. The third-order valence-electron chi connectivity index (χ3n) is 5.12. The highest BCUT2D eigenvalue weighted by molar-refractivity contribution is 7.17. The lowest BCUT2D eigenvalue weighted by Gasteiger charge is -2.32. The summed E-state index contributed by atoms with van der Waals surface area (Å²) in [5.74, 6) is 3.26. The van der Waals surface area contributed by atoms with Crippen molar-refractivity contribution in [1.82, 2.24) is 29.8 Å². The minimum atomic E-state index is 0.349. The van der Waals surface area contributed by atoms with Crippen molar-refractivity contribution >= 4 is 38.8 Å². The maximum atomic E-state index is 4.71. The molecular formula is C18H20N8S. The van der Waals surface area contributed by atoms with Gasteiger partial charge in [0.1, 0.15) is 18.0 Å². The van der Waals surface area contributed by atoms with Crippen molar-refractivity contribution in [2.24, 2.45) is 0 Å². The summed E-state index contributed by atoms with van der Waals surface area (Å²) in [5, 5.41) is 15.5. The van der Waals surface area contributed by atoms with Crippen LogP contribution in [0.2, 0.25) is 0 Å². The van der Waals surface area contributed by atoms with Crippen LogP contribution in [-0.2, 0) is 0 Å². The molecule has 4 aromatic heterocycles. The summed E-state index contributed by atoms with van der Waals surface area (Å²) in [6.45, 7) is 1.88. The summed E-state index contributed by atoms with van der Waals surface area (Å²) in [5.41, 5.74) is 1.82. The van der Waals surface area contributed by atoms with Gasteiger partial charge in [-0.25, -0.2) is 9.97 Å². The standard InChI is InChI=1S/C18H20N8S/c1-24(2)15-4-3-14-21-22-17(26(14)23-15)12-5-8-25(9-6-12)18-16-13(7-10-27-16)19-11-20-18/h3-4,7,10-12H,5-6,8-9H2,1-2H3. The Hall–Kier alpha value is -2.81. The van der Waals surface area contributed by atoms with Crippen LogP contribution in [-0.4, -0.2) is 57.0 Å². The summed E-state index contributed by atoms with van der Waals surface area (Å²) < 4.78 is 3.07. The molecule has 8 nitrogen and oxygen atoms in total. The van der Waals surface area contributed by atoms with Gasteiger partial charge in [-0.2, -0.15) is 4.52 Å². The first kappa shape index (κ1) is 16.4. The number of hydrogen-bond donors (Lipinski definition) is 0. The molecule has 0 N–H and O–H groups in total. The lowest BCUT2D eigenvalue weighted by Crippen LogP contribution is -2.34. The van der Waals surface area contributed by atoms with E-state index in [2.05, 4.69) is 30.4 Å². The Bertz CT molecular complexity index is 1090. The van der Waals surface area contributed by atoms with Crippen LogP contribution in [0.3, 0.4) is 0 Å². The van der Waals surface area contributed by atoms with Gasteiger partial charge in [-0.3, -0.25) is 0 Å². The molecule has 1 aliphatic heterocycles. The molecule has 138 valence electrons. The van der Waals surface area contributed by atoms with E-state index in [1.54, 1.807) is 17.7 Å². The molecule has 0 atom stereocenters. The minimum absolute atomic E-state index is 0.349. The molecule has 0 saturated carbocycles. The van der Waals surface area contributed by atoms with Crippen molar-refractivity contribution in [3.8, 4) is 0 Å². The molecule has 0 bridgehead atoms. The fourth-order valence-corrected chi connectivity index (χ4v) is 4.50. The van der Waals surface area contributed by atoms with Gasteiger partial charge in [0.05, 0.1) is 10.2 Å². The number of nitrogens with zero attached hydrogens (tertiary/aromatic N) is 8. The van der Waals surface area contributed by atoms with Gasteiger partial charge in [0.2, 0.25) is 0 Å². The monoisotopic (exact) mass is 380 g/mol. The van der Waals surface area contributed by atoms with E-state index in [0.29, 0.717) is 5.92 Å². The van der Waals surface area contributed by atoms with Crippen LogP contribution in [0.5, 0.6) is 0 Å². The quantitative estimate of drug-likeness (QED) is 0.541. The zero-order chi connectivity index (χ0) is 18.4. The Morgan fingerprint density at radius 1 is 1.07 bits per heavy atom. The molecule has 1 aliphatic rings. The van der Waals surface area contributed by atoms with E-state index in [1.165, 1.54) is 4.70 Å². The Morgan fingerprint density at radius 3 is 2.74 bits per heavy atom. The highest BCUT2D eigenvalue weighted by atomic mass is 32.1.